The fourth-order valence-electron chi connectivity index (χ4n) is 2.56. The van der Waals surface area contributed by atoms with Gasteiger partial charge in [0.05, 0.1) is 13.0 Å². The Kier molecular flexibility index (Phi) is 6.75. The molecule has 0 radical (unpaired) electrons. The molecule has 0 bridgehead atoms. The highest BCUT2D eigenvalue weighted by Gasteiger charge is 2.10. The molecule has 0 saturated heterocycles. The molecule has 0 heterocycles. The van der Waals surface area contributed by atoms with E-state index in [4.69, 9.17) is 9.47 Å². The summed E-state index contributed by atoms with van der Waals surface area (Å²) in [4.78, 5) is 23.4. The van der Waals surface area contributed by atoms with Crippen LogP contribution in [0.15, 0.2) is 42.5 Å². The van der Waals surface area contributed by atoms with Crippen molar-refractivity contribution in [2.24, 2.45) is 0 Å². The zero-order chi connectivity index (χ0) is 18.2. The number of Topliss-reactive ketones (excluding diaryl/α,β-unsaturated/α-hetero) is 1. The first-order chi connectivity index (χ1) is 12.0. The first kappa shape index (κ1) is 18.7. The summed E-state index contributed by atoms with van der Waals surface area (Å²) < 4.78 is 10.7. The normalized spacial score (nSPS) is 10.4. The van der Waals surface area contributed by atoms with Gasteiger partial charge >= 0.3 is 5.97 Å². The first-order valence-electron chi connectivity index (χ1n) is 8.48. The maximum Gasteiger partial charge on any atom is 0.306 e. The number of carbonyl (C=O) groups is 2. The molecule has 2 aromatic rings. The number of carbonyl (C=O) groups excluding carboxylic acids is 2. The summed E-state index contributed by atoms with van der Waals surface area (Å²) >= 11 is 0. The van der Waals surface area contributed by atoms with E-state index < -0.39 is 0 Å². The van der Waals surface area contributed by atoms with Gasteiger partial charge in [-0.1, -0.05) is 18.2 Å². The van der Waals surface area contributed by atoms with Crippen molar-refractivity contribution < 1.29 is 19.1 Å². The van der Waals surface area contributed by atoms with Crippen molar-refractivity contribution in [3.05, 3.63) is 64.7 Å². The van der Waals surface area contributed by atoms with E-state index in [2.05, 4.69) is 26.0 Å². The topological polar surface area (TPSA) is 52.6 Å². The summed E-state index contributed by atoms with van der Waals surface area (Å²) in [6, 6.07) is 13.2. The van der Waals surface area contributed by atoms with Gasteiger partial charge in [0.1, 0.15) is 12.4 Å². The number of hydrogen-bond acceptors (Lipinski definition) is 4. The van der Waals surface area contributed by atoms with Gasteiger partial charge in [0.2, 0.25) is 0 Å². The molecule has 25 heavy (non-hydrogen) atoms. The fraction of sp³-hybridized carbons (Fsp3) is 0.333. The van der Waals surface area contributed by atoms with Crippen molar-refractivity contribution in [2.75, 3.05) is 6.61 Å². The lowest BCUT2D eigenvalue weighted by molar-refractivity contribution is -0.143. The number of rotatable bonds is 8. The van der Waals surface area contributed by atoms with Crippen LogP contribution in [-0.4, -0.2) is 18.4 Å². The quantitative estimate of drug-likeness (QED) is 0.528. The smallest absolute Gasteiger partial charge is 0.306 e. The Labute approximate surface area is 148 Å². The van der Waals surface area contributed by atoms with E-state index in [0.29, 0.717) is 24.5 Å². The van der Waals surface area contributed by atoms with E-state index in [0.717, 1.165) is 0 Å². The minimum Gasteiger partial charge on any atom is -0.489 e. The highest BCUT2D eigenvalue weighted by molar-refractivity contribution is 5.97. The van der Waals surface area contributed by atoms with Crippen LogP contribution < -0.4 is 4.74 Å². The van der Waals surface area contributed by atoms with Crippen molar-refractivity contribution in [3.8, 4) is 5.75 Å². The highest BCUT2D eigenvalue weighted by Crippen LogP contribution is 2.19. The lowest BCUT2D eigenvalue weighted by Gasteiger charge is -2.11. The van der Waals surface area contributed by atoms with Gasteiger partial charge in [0, 0.05) is 12.0 Å². The predicted octanol–water partition coefficient (Wildman–Crippen LogP) is 4.41. The van der Waals surface area contributed by atoms with Gasteiger partial charge in [-0.3, -0.25) is 9.59 Å². The third-order valence-electron chi connectivity index (χ3n) is 4.07. The van der Waals surface area contributed by atoms with E-state index in [1.165, 1.54) is 16.7 Å². The van der Waals surface area contributed by atoms with E-state index in [-0.39, 0.29) is 24.6 Å². The molecular formula is C21H24O4. The maximum absolute atomic E-state index is 12.1. The minimum absolute atomic E-state index is 0.0747. The van der Waals surface area contributed by atoms with Crippen molar-refractivity contribution in [2.45, 2.75) is 40.2 Å². The third-order valence-corrected chi connectivity index (χ3v) is 4.07. The van der Waals surface area contributed by atoms with Crippen LogP contribution in [0.4, 0.5) is 0 Å². The van der Waals surface area contributed by atoms with Crippen LogP contribution in [0.5, 0.6) is 5.75 Å². The molecule has 0 aliphatic carbocycles. The summed E-state index contributed by atoms with van der Waals surface area (Å²) in [7, 11) is 0. The molecule has 0 N–H and O–H groups in total. The predicted molar refractivity (Wildman–Crippen MR) is 96.9 cm³/mol. The first-order valence-corrected chi connectivity index (χ1v) is 8.48. The van der Waals surface area contributed by atoms with E-state index in [9.17, 15) is 9.59 Å². The van der Waals surface area contributed by atoms with E-state index >= 15 is 0 Å². The largest absolute Gasteiger partial charge is 0.489 e. The van der Waals surface area contributed by atoms with Gasteiger partial charge in [0.15, 0.2) is 5.78 Å². The second-order valence-electron chi connectivity index (χ2n) is 5.91. The van der Waals surface area contributed by atoms with Crippen molar-refractivity contribution in [3.63, 3.8) is 0 Å². The van der Waals surface area contributed by atoms with Gasteiger partial charge in [-0.2, -0.15) is 0 Å². The van der Waals surface area contributed by atoms with Crippen LogP contribution in [-0.2, 0) is 16.1 Å². The molecule has 0 aliphatic heterocycles. The number of aryl methyl sites for hydroxylation is 2. The molecule has 0 atom stereocenters. The Balaban J connectivity index is 1.91. The maximum atomic E-state index is 12.1. The molecule has 132 valence electrons. The summed E-state index contributed by atoms with van der Waals surface area (Å²) in [6.07, 6.45) is 0.263. The zero-order valence-corrected chi connectivity index (χ0v) is 15.0. The minimum atomic E-state index is -0.343. The van der Waals surface area contributed by atoms with Gasteiger partial charge in [-0.05, 0) is 61.7 Å². The van der Waals surface area contributed by atoms with Crippen LogP contribution in [0, 0.1) is 13.8 Å². The average molecular weight is 340 g/mol. The number of ketones is 1. The summed E-state index contributed by atoms with van der Waals surface area (Å²) in [6.45, 7) is 6.71. The monoisotopic (exact) mass is 340 g/mol. The molecule has 4 nitrogen and oxygen atoms in total. The second-order valence-corrected chi connectivity index (χ2v) is 5.91. The lowest BCUT2D eigenvalue weighted by atomic mass is 10.0. The van der Waals surface area contributed by atoms with Gasteiger partial charge in [-0.15, -0.1) is 0 Å². The third kappa shape index (κ3) is 5.45. The standard InChI is InChI=1S/C21H24O4/c1-4-24-21(23)13-12-20(22)17-8-10-18(11-9-17)25-14-19-15(2)6-5-7-16(19)3/h5-11H,4,12-14H2,1-3H3. The molecule has 0 unspecified atom stereocenters. The molecule has 0 fully saturated rings. The Morgan fingerprint density at radius 2 is 1.56 bits per heavy atom. The Morgan fingerprint density at radius 1 is 0.920 bits per heavy atom. The molecule has 0 aromatic heterocycles. The Hall–Kier alpha value is -2.62. The van der Waals surface area contributed by atoms with Crippen LogP contribution in [0.1, 0.15) is 46.8 Å². The SMILES string of the molecule is CCOC(=O)CCC(=O)c1ccc(OCc2c(C)cccc2C)cc1. The highest BCUT2D eigenvalue weighted by atomic mass is 16.5. The summed E-state index contributed by atoms with van der Waals surface area (Å²) in [5.74, 6) is 0.295. The second kappa shape index (κ2) is 9.02. The molecule has 2 rings (SSSR count). The molecule has 0 spiro atoms. The number of ether oxygens (including phenoxy) is 2. The van der Waals surface area contributed by atoms with Gasteiger partial charge in [-0.25, -0.2) is 0 Å². The lowest BCUT2D eigenvalue weighted by Crippen LogP contribution is -2.08. The van der Waals surface area contributed by atoms with Crippen LogP contribution in [0.2, 0.25) is 0 Å². The average Bonchev–Trinajstić information content (AvgIpc) is 2.60. The van der Waals surface area contributed by atoms with Gasteiger partial charge in [0.25, 0.3) is 0 Å². The van der Waals surface area contributed by atoms with Crippen LogP contribution >= 0.6 is 0 Å². The number of hydrogen-bond donors (Lipinski definition) is 0. The molecule has 2 aromatic carbocycles. The van der Waals surface area contributed by atoms with Gasteiger partial charge < -0.3 is 9.47 Å². The molecule has 4 heteroatoms. The van der Waals surface area contributed by atoms with Crippen LogP contribution in [0.25, 0.3) is 0 Å². The number of esters is 1. The Morgan fingerprint density at radius 3 is 2.16 bits per heavy atom. The van der Waals surface area contributed by atoms with E-state index in [1.54, 1.807) is 31.2 Å². The summed E-state index contributed by atoms with van der Waals surface area (Å²) in [5.41, 5.74) is 4.15. The van der Waals surface area contributed by atoms with Crippen LogP contribution in [0.3, 0.4) is 0 Å². The fourth-order valence-corrected chi connectivity index (χ4v) is 2.56. The number of benzene rings is 2. The van der Waals surface area contributed by atoms with E-state index in [1.807, 2.05) is 6.07 Å². The molecule has 0 amide bonds. The molecule has 0 aliphatic rings. The zero-order valence-electron chi connectivity index (χ0n) is 15.0. The van der Waals surface area contributed by atoms with Crippen molar-refractivity contribution in [1.82, 2.24) is 0 Å². The summed E-state index contributed by atoms with van der Waals surface area (Å²) in [5, 5.41) is 0. The van der Waals surface area contributed by atoms with Crippen molar-refractivity contribution >= 4 is 11.8 Å². The molecule has 0 saturated carbocycles. The van der Waals surface area contributed by atoms with Crippen molar-refractivity contribution in [1.29, 1.82) is 0 Å². The molecular weight excluding hydrogens is 316 g/mol. The Bertz CT molecular complexity index is 712.